The summed E-state index contributed by atoms with van der Waals surface area (Å²) >= 11 is 1.82. The molecule has 1 heterocycles. The molecule has 0 aliphatic rings. The van der Waals surface area contributed by atoms with Crippen LogP contribution in [0.3, 0.4) is 0 Å². The van der Waals surface area contributed by atoms with Crippen molar-refractivity contribution in [1.82, 2.24) is 9.78 Å². The number of aryl methyl sites for hydroxylation is 1. The first-order valence-corrected chi connectivity index (χ1v) is 7.73. The highest BCUT2D eigenvalue weighted by Gasteiger charge is 2.15. The molecule has 0 radical (unpaired) electrons. The summed E-state index contributed by atoms with van der Waals surface area (Å²) in [6.07, 6.45) is 3.74. The van der Waals surface area contributed by atoms with Crippen LogP contribution in [0.2, 0.25) is 0 Å². The highest BCUT2D eigenvalue weighted by Crippen LogP contribution is 2.35. The fraction of sp³-hybridized carbons (Fsp3) is 0.400. The Morgan fingerprint density at radius 3 is 2.63 bits per heavy atom. The van der Waals surface area contributed by atoms with Crippen LogP contribution in [0.4, 0.5) is 5.82 Å². The molecule has 3 nitrogen and oxygen atoms in total. The molecule has 2 rings (SSSR count). The maximum Gasteiger partial charge on any atom is 0.135 e. The number of hydrogen-bond donors (Lipinski definition) is 1. The molecule has 2 aromatic rings. The summed E-state index contributed by atoms with van der Waals surface area (Å²) in [6, 6.07) is 10.2. The number of unbranched alkanes of at least 4 members (excludes halogenated alkanes) is 2. The monoisotopic (exact) mass is 275 g/mol. The van der Waals surface area contributed by atoms with Gasteiger partial charge >= 0.3 is 0 Å². The van der Waals surface area contributed by atoms with E-state index in [9.17, 15) is 0 Å². The summed E-state index contributed by atoms with van der Waals surface area (Å²) in [4.78, 5) is 1.12. The molecule has 0 fully saturated rings. The molecule has 1 aromatic carbocycles. The second-order valence-electron chi connectivity index (χ2n) is 4.61. The molecule has 0 aliphatic carbocycles. The highest BCUT2D eigenvalue weighted by atomic mass is 32.2. The average molecular weight is 275 g/mol. The van der Waals surface area contributed by atoms with E-state index in [4.69, 9.17) is 5.73 Å². The molecule has 0 saturated heterocycles. The molecule has 0 unspecified atom stereocenters. The molecule has 0 saturated carbocycles. The Balaban J connectivity index is 2.21. The molecule has 1 aromatic heterocycles. The van der Waals surface area contributed by atoms with E-state index in [1.165, 1.54) is 19.3 Å². The van der Waals surface area contributed by atoms with Gasteiger partial charge in [0.1, 0.15) is 11.5 Å². The van der Waals surface area contributed by atoms with Crippen LogP contribution in [-0.2, 0) is 7.05 Å². The third-order valence-electron chi connectivity index (χ3n) is 3.09. The highest BCUT2D eigenvalue weighted by molar-refractivity contribution is 7.99. The van der Waals surface area contributed by atoms with Crippen molar-refractivity contribution in [3.8, 4) is 11.3 Å². The third-order valence-corrected chi connectivity index (χ3v) is 4.27. The van der Waals surface area contributed by atoms with Gasteiger partial charge in [0.15, 0.2) is 0 Å². The van der Waals surface area contributed by atoms with E-state index in [0.717, 1.165) is 27.7 Å². The SMILES string of the molecule is CCCCCSc1c(-c2ccccc2)nn(C)c1N. The van der Waals surface area contributed by atoms with E-state index >= 15 is 0 Å². The van der Waals surface area contributed by atoms with Gasteiger partial charge in [-0.3, -0.25) is 4.68 Å². The van der Waals surface area contributed by atoms with Crippen LogP contribution in [0.15, 0.2) is 35.2 Å². The second-order valence-corrected chi connectivity index (χ2v) is 5.71. The third kappa shape index (κ3) is 3.32. The fourth-order valence-electron chi connectivity index (χ4n) is 1.97. The van der Waals surface area contributed by atoms with Gasteiger partial charge in [0.05, 0.1) is 4.90 Å². The number of nitrogens with two attached hydrogens (primary N) is 1. The molecule has 0 bridgehead atoms. The zero-order chi connectivity index (χ0) is 13.7. The number of aromatic nitrogens is 2. The van der Waals surface area contributed by atoms with Crippen molar-refractivity contribution < 1.29 is 0 Å². The van der Waals surface area contributed by atoms with Gasteiger partial charge in [0.2, 0.25) is 0 Å². The molecule has 0 spiro atoms. The van der Waals surface area contributed by atoms with Crippen molar-refractivity contribution in [2.24, 2.45) is 7.05 Å². The number of rotatable bonds is 6. The summed E-state index contributed by atoms with van der Waals surface area (Å²) < 4.78 is 1.77. The number of thioether (sulfide) groups is 1. The standard InChI is InChI=1S/C15H21N3S/c1-3-4-8-11-19-14-13(17-18(2)15(14)16)12-9-6-5-7-10-12/h5-7,9-10H,3-4,8,11,16H2,1-2H3. The van der Waals surface area contributed by atoms with Gasteiger partial charge in [0, 0.05) is 12.6 Å². The number of nitrogens with zero attached hydrogens (tertiary/aromatic N) is 2. The fourth-order valence-corrected chi connectivity index (χ4v) is 3.10. The summed E-state index contributed by atoms with van der Waals surface area (Å²) in [7, 11) is 1.90. The van der Waals surface area contributed by atoms with Gasteiger partial charge in [-0.1, -0.05) is 50.1 Å². The molecular formula is C15H21N3S. The smallest absolute Gasteiger partial charge is 0.135 e. The Morgan fingerprint density at radius 1 is 1.21 bits per heavy atom. The van der Waals surface area contributed by atoms with Gasteiger partial charge in [-0.15, -0.1) is 11.8 Å². The van der Waals surface area contributed by atoms with E-state index in [1.54, 1.807) is 4.68 Å². The summed E-state index contributed by atoms with van der Waals surface area (Å²) in [5.41, 5.74) is 8.27. The molecule has 2 N–H and O–H groups in total. The second kappa shape index (κ2) is 6.66. The van der Waals surface area contributed by atoms with E-state index < -0.39 is 0 Å². The number of hydrogen-bond acceptors (Lipinski definition) is 3. The van der Waals surface area contributed by atoms with Gasteiger partial charge in [-0.05, 0) is 12.2 Å². The Hall–Kier alpha value is -1.42. The minimum absolute atomic E-state index is 0.764. The molecule has 19 heavy (non-hydrogen) atoms. The maximum atomic E-state index is 6.14. The van der Waals surface area contributed by atoms with Crippen molar-refractivity contribution in [3.05, 3.63) is 30.3 Å². The largest absolute Gasteiger partial charge is 0.383 e. The minimum Gasteiger partial charge on any atom is -0.383 e. The van der Waals surface area contributed by atoms with Crippen LogP contribution in [0.5, 0.6) is 0 Å². The number of nitrogen functional groups attached to an aromatic ring is 1. The molecule has 0 atom stereocenters. The van der Waals surface area contributed by atoms with Gasteiger partial charge in [-0.2, -0.15) is 5.10 Å². The number of anilines is 1. The first-order valence-electron chi connectivity index (χ1n) is 6.74. The van der Waals surface area contributed by atoms with Gasteiger partial charge < -0.3 is 5.73 Å². The first kappa shape index (κ1) is 14.0. The predicted molar refractivity (Wildman–Crippen MR) is 83.3 cm³/mol. The van der Waals surface area contributed by atoms with Crippen LogP contribution in [0, 0.1) is 0 Å². The molecular weight excluding hydrogens is 254 g/mol. The number of benzene rings is 1. The van der Waals surface area contributed by atoms with Crippen LogP contribution >= 0.6 is 11.8 Å². The van der Waals surface area contributed by atoms with Crippen molar-refractivity contribution in [2.75, 3.05) is 11.5 Å². The Labute approximate surface area is 119 Å². The van der Waals surface area contributed by atoms with Gasteiger partial charge in [-0.25, -0.2) is 0 Å². The topological polar surface area (TPSA) is 43.8 Å². The Kier molecular flexibility index (Phi) is 4.91. The van der Waals surface area contributed by atoms with E-state index in [-0.39, 0.29) is 0 Å². The molecule has 0 amide bonds. The normalized spacial score (nSPS) is 10.8. The molecule has 4 heteroatoms. The lowest BCUT2D eigenvalue weighted by Crippen LogP contribution is -1.97. The lowest BCUT2D eigenvalue weighted by atomic mass is 10.1. The van der Waals surface area contributed by atoms with E-state index in [2.05, 4.69) is 24.2 Å². The van der Waals surface area contributed by atoms with E-state index in [0.29, 0.717) is 0 Å². The average Bonchev–Trinajstić information content (AvgIpc) is 2.72. The lowest BCUT2D eigenvalue weighted by molar-refractivity contribution is 0.778. The summed E-state index contributed by atoms with van der Waals surface area (Å²) in [5, 5.41) is 4.55. The van der Waals surface area contributed by atoms with Crippen molar-refractivity contribution >= 4 is 17.6 Å². The van der Waals surface area contributed by atoms with Crippen molar-refractivity contribution in [1.29, 1.82) is 0 Å². The van der Waals surface area contributed by atoms with Crippen LogP contribution < -0.4 is 5.73 Å². The predicted octanol–water partition coefficient (Wildman–Crippen LogP) is 3.95. The minimum atomic E-state index is 0.764. The maximum absolute atomic E-state index is 6.14. The summed E-state index contributed by atoms with van der Waals surface area (Å²) in [6.45, 7) is 2.22. The zero-order valence-corrected chi connectivity index (χ0v) is 12.4. The van der Waals surface area contributed by atoms with Crippen LogP contribution in [-0.4, -0.2) is 15.5 Å². The summed E-state index contributed by atoms with van der Waals surface area (Å²) in [5.74, 6) is 1.86. The molecule has 0 aliphatic heterocycles. The Morgan fingerprint density at radius 2 is 1.95 bits per heavy atom. The molecule has 102 valence electrons. The van der Waals surface area contributed by atoms with Crippen LogP contribution in [0.1, 0.15) is 26.2 Å². The van der Waals surface area contributed by atoms with Crippen molar-refractivity contribution in [3.63, 3.8) is 0 Å². The van der Waals surface area contributed by atoms with Crippen molar-refractivity contribution in [2.45, 2.75) is 31.1 Å². The first-order chi connectivity index (χ1) is 9.24. The quantitative estimate of drug-likeness (QED) is 0.641. The van der Waals surface area contributed by atoms with E-state index in [1.807, 2.05) is 37.0 Å². The Bertz CT molecular complexity index is 520. The zero-order valence-electron chi connectivity index (χ0n) is 11.6. The van der Waals surface area contributed by atoms with Gasteiger partial charge in [0.25, 0.3) is 0 Å². The van der Waals surface area contributed by atoms with Crippen LogP contribution in [0.25, 0.3) is 11.3 Å². The lowest BCUT2D eigenvalue weighted by Gasteiger charge is -2.03.